The van der Waals surface area contributed by atoms with Gasteiger partial charge in [-0.05, 0) is 25.1 Å². The molecule has 1 aromatic rings. The number of rotatable bonds is 5. The van der Waals surface area contributed by atoms with Crippen molar-refractivity contribution in [2.45, 2.75) is 17.9 Å². The van der Waals surface area contributed by atoms with E-state index in [-0.39, 0.29) is 12.6 Å². The average Bonchev–Trinajstić information content (AvgIpc) is 2.48. The first-order valence-electron chi connectivity index (χ1n) is 6.66. The zero-order valence-electron chi connectivity index (χ0n) is 11.7. The van der Waals surface area contributed by atoms with Crippen LogP contribution in [0.3, 0.4) is 0 Å². The number of nitrogens with one attached hydrogen (secondary N) is 1. The van der Waals surface area contributed by atoms with Crippen molar-refractivity contribution in [3.63, 3.8) is 0 Å². The summed E-state index contributed by atoms with van der Waals surface area (Å²) in [7, 11) is -4.07. The van der Waals surface area contributed by atoms with Crippen LogP contribution < -0.4 is 4.72 Å². The van der Waals surface area contributed by atoms with Crippen LogP contribution in [-0.4, -0.2) is 52.2 Å². The molecular weight excluding hydrogens is 302 g/mol. The maximum absolute atomic E-state index is 13.5. The van der Waals surface area contributed by atoms with Crippen LogP contribution in [0.2, 0.25) is 0 Å². The lowest BCUT2D eigenvalue weighted by atomic mass is 10.2. The minimum atomic E-state index is -4.07. The Morgan fingerprint density at radius 3 is 2.67 bits per heavy atom. The Morgan fingerprint density at radius 1 is 1.33 bits per heavy atom. The Morgan fingerprint density at radius 2 is 2.00 bits per heavy atom. The van der Waals surface area contributed by atoms with Gasteiger partial charge in [0.15, 0.2) is 0 Å². The Kier molecular flexibility index (Phi) is 5.26. The molecule has 118 valence electrons. The lowest BCUT2D eigenvalue weighted by molar-refractivity contribution is 0.0213. The second-order valence-corrected chi connectivity index (χ2v) is 6.66. The van der Waals surface area contributed by atoms with Gasteiger partial charge in [-0.2, -0.15) is 0 Å². The molecule has 8 heteroatoms. The van der Waals surface area contributed by atoms with Crippen LogP contribution in [0.25, 0.3) is 0 Å². The van der Waals surface area contributed by atoms with E-state index in [2.05, 4.69) is 9.62 Å². The van der Waals surface area contributed by atoms with Crippen molar-refractivity contribution in [2.75, 3.05) is 32.8 Å². The van der Waals surface area contributed by atoms with Gasteiger partial charge < -0.3 is 4.74 Å². The van der Waals surface area contributed by atoms with E-state index in [0.29, 0.717) is 19.3 Å². The summed E-state index contributed by atoms with van der Waals surface area (Å²) in [6.45, 7) is 4.65. The summed E-state index contributed by atoms with van der Waals surface area (Å²) in [5.74, 6) is -1.76. The average molecular weight is 320 g/mol. The van der Waals surface area contributed by atoms with Crippen LogP contribution in [0.5, 0.6) is 0 Å². The summed E-state index contributed by atoms with van der Waals surface area (Å²) in [5.41, 5.74) is 0. The fourth-order valence-electron chi connectivity index (χ4n) is 2.14. The fourth-order valence-corrected chi connectivity index (χ4v) is 3.35. The van der Waals surface area contributed by atoms with Gasteiger partial charge in [-0.15, -0.1) is 0 Å². The van der Waals surface area contributed by atoms with Crippen molar-refractivity contribution in [3.05, 3.63) is 29.8 Å². The zero-order chi connectivity index (χ0) is 15.5. The van der Waals surface area contributed by atoms with Gasteiger partial charge in [0.25, 0.3) is 0 Å². The lowest BCUT2D eigenvalue weighted by Crippen LogP contribution is -2.47. The highest BCUT2D eigenvalue weighted by Crippen LogP contribution is 2.15. The predicted molar refractivity (Wildman–Crippen MR) is 73.4 cm³/mol. The Labute approximate surface area is 122 Å². The number of hydrogen-bond donors (Lipinski definition) is 1. The first-order chi connectivity index (χ1) is 9.90. The number of halogens is 2. The van der Waals surface area contributed by atoms with Gasteiger partial charge >= 0.3 is 0 Å². The molecule has 0 radical (unpaired) electrons. The molecule has 1 heterocycles. The van der Waals surface area contributed by atoms with Crippen LogP contribution in [0.15, 0.2) is 23.1 Å². The van der Waals surface area contributed by atoms with Crippen LogP contribution in [0.4, 0.5) is 8.78 Å². The number of morpholine rings is 1. The molecule has 5 nitrogen and oxygen atoms in total. The molecule has 1 saturated heterocycles. The molecule has 1 fully saturated rings. The molecule has 1 aliphatic rings. The predicted octanol–water partition coefficient (Wildman–Crippen LogP) is 0.964. The van der Waals surface area contributed by atoms with E-state index >= 15 is 0 Å². The van der Waals surface area contributed by atoms with E-state index in [1.165, 1.54) is 0 Å². The quantitative estimate of drug-likeness (QED) is 0.878. The number of sulfonamides is 1. The molecule has 0 unspecified atom stereocenters. The van der Waals surface area contributed by atoms with Crippen molar-refractivity contribution in [2.24, 2.45) is 0 Å². The van der Waals surface area contributed by atoms with Crippen molar-refractivity contribution in [3.8, 4) is 0 Å². The van der Waals surface area contributed by atoms with Gasteiger partial charge in [0.2, 0.25) is 10.0 Å². The Bertz CT molecular complexity index is 589. The number of nitrogens with zero attached hydrogens (tertiary/aromatic N) is 1. The third-order valence-electron chi connectivity index (χ3n) is 3.42. The van der Waals surface area contributed by atoms with E-state index in [4.69, 9.17) is 4.74 Å². The molecule has 1 aromatic carbocycles. The van der Waals surface area contributed by atoms with Crippen molar-refractivity contribution in [1.29, 1.82) is 0 Å². The van der Waals surface area contributed by atoms with E-state index < -0.39 is 26.6 Å². The number of hydrogen-bond acceptors (Lipinski definition) is 4. The molecule has 1 aliphatic heterocycles. The van der Waals surface area contributed by atoms with E-state index in [1.54, 1.807) is 0 Å². The Hall–Kier alpha value is -1.09. The summed E-state index contributed by atoms with van der Waals surface area (Å²) in [6.07, 6.45) is 0. The second-order valence-electron chi connectivity index (χ2n) is 4.92. The van der Waals surface area contributed by atoms with Crippen molar-refractivity contribution < 1.29 is 21.9 Å². The van der Waals surface area contributed by atoms with Gasteiger partial charge in [-0.25, -0.2) is 21.9 Å². The van der Waals surface area contributed by atoms with E-state index in [9.17, 15) is 17.2 Å². The largest absolute Gasteiger partial charge is 0.379 e. The van der Waals surface area contributed by atoms with Crippen molar-refractivity contribution in [1.82, 2.24) is 9.62 Å². The van der Waals surface area contributed by atoms with Gasteiger partial charge in [0, 0.05) is 25.7 Å². The van der Waals surface area contributed by atoms with Crippen LogP contribution >= 0.6 is 0 Å². The summed E-state index contributed by atoms with van der Waals surface area (Å²) in [4.78, 5) is 1.41. The highest BCUT2D eigenvalue weighted by atomic mass is 32.2. The molecule has 1 N–H and O–H groups in total. The monoisotopic (exact) mass is 320 g/mol. The van der Waals surface area contributed by atoms with Gasteiger partial charge in [0.1, 0.15) is 16.5 Å². The topological polar surface area (TPSA) is 58.6 Å². The first-order valence-corrected chi connectivity index (χ1v) is 8.15. The minimum Gasteiger partial charge on any atom is -0.379 e. The lowest BCUT2D eigenvalue weighted by Gasteiger charge is -2.32. The highest BCUT2D eigenvalue weighted by molar-refractivity contribution is 7.89. The molecule has 0 amide bonds. The van der Waals surface area contributed by atoms with Crippen LogP contribution in [0.1, 0.15) is 6.92 Å². The maximum Gasteiger partial charge on any atom is 0.243 e. The fraction of sp³-hybridized carbons (Fsp3) is 0.538. The van der Waals surface area contributed by atoms with Gasteiger partial charge in [-0.3, -0.25) is 4.90 Å². The minimum absolute atomic E-state index is 0.0553. The molecule has 0 aliphatic carbocycles. The highest BCUT2D eigenvalue weighted by Gasteiger charge is 2.23. The zero-order valence-corrected chi connectivity index (χ0v) is 12.5. The molecule has 1 atom stereocenters. The summed E-state index contributed by atoms with van der Waals surface area (Å²) in [5, 5.41) is 0. The summed E-state index contributed by atoms with van der Waals surface area (Å²) >= 11 is 0. The molecule has 21 heavy (non-hydrogen) atoms. The second kappa shape index (κ2) is 6.78. The number of benzene rings is 1. The third-order valence-corrected chi connectivity index (χ3v) is 4.86. The van der Waals surface area contributed by atoms with Crippen LogP contribution in [-0.2, 0) is 14.8 Å². The van der Waals surface area contributed by atoms with Gasteiger partial charge in [0.05, 0.1) is 13.2 Å². The summed E-state index contributed by atoms with van der Waals surface area (Å²) < 4.78 is 58.2. The molecule has 0 spiro atoms. The molecular formula is C13H18F2N2O3S. The third kappa shape index (κ3) is 4.19. The Balaban J connectivity index is 2.02. The molecule has 0 saturated carbocycles. The number of ether oxygens (including phenoxy) is 1. The van der Waals surface area contributed by atoms with Crippen LogP contribution in [0, 0.1) is 11.6 Å². The first kappa shape index (κ1) is 16.3. The van der Waals surface area contributed by atoms with Gasteiger partial charge in [-0.1, -0.05) is 0 Å². The SMILES string of the molecule is C[C@H](CNS(=O)(=O)c1cc(F)ccc1F)N1CCOCC1. The summed E-state index contributed by atoms with van der Waals surface area (Å²) in [6, 6.07) is 2.30. The molecule has 0 bridgehead atoms. The smallest absolute Gasteiger partial charge is 0.243 e. The van der Waals surface area contributed by atoms with Crippen molar-refractivity contribution >= 4 is 10.0 Å². The molecule has 0 aromatic heterocycles. The normalized spacial score (nSPS) is 18.6. The van der Waals surface area contributed by atoms with E-state index in [1.807, 2.05) is 6.92 Å². The maximum atomic E-state index is 13.5. The molecule has 2 rings (SSSR count). The van der Waals surface area contributed by atoms with E-state index in [0.717, 1.165) is 25.2 Å². The standard InChI is InChI=1S/C13H18F2N2O3S/c1-10(17-4-6-20-7-5-17)9-16-21(18,19)13-8-11(14)2-3-12(13)15/h2-3,8,10,16H,4-7,9H2,1H3/t10-/m1/s1.